The van der Waals surface area contributed by atoms with Gasteiger partial charge in [0.1, 0.15) is 18.3 Å². The van der Waals surface area contributed by atoms with Crippen molar-refractivity contribution < 1.29 is 22.9 Å². The van der Waals surface area contributed by atoms with E-state index in [2.05, 4.69) is 15.4 Å². The zero-order chi connectivity index (χ0) is 23.6. The summed E-state index contributed by atoms with van der Waals surface area (Å²) in [6.45, 7) is 0.808. The summed E-state index contributed by atoms with van der Waals surface area (Å²) in [7, 11) is 0. The second-order valence-corrected chi connectivity index (χ2v) is 7.57. The van der Waals surface area contributed by atoms with E-state index < -0.39 is 28.5 Å². The molecule has 2 aromatic carbocycles. The van der Waals surface area contributed by atoms with Gasteiger partial charge < -0.3 is 10.2 Å². The molecule has 0 atom stereocenters. The normalized spacial score (nSPS) is 14.8. The SMILES string of the molecule is O=C(Nc1cc(C(F)(F)F)ccc1-n1cncn1)C1CCN(c2ccccc2[N+](=O)[O-])CC1. The first-order valence-electron chi connectivity index (χ1n) is 10.1. The monoisotopic (exact) mass is 460 g/mol. The van der Waals surface area contributed by atoms with E-state index in [-0.39, 0.29) is 17.1 Å². The van der Waals surface area contributed by atoms with Crippen molar-refractivity contribution in [3.8, 4) is 5.69 Å². The maximum atomic E-state index is 13.2. The number of rotatable bonds is 5. The lowest BCUT2D eigenvalue weighted by molar-refractivity contribution is -0.384. The number of alkyl halides is 3. The molecule has 9 nitrogen and oxygen atoms in total. The molecule has 0 spiro atoms. The number of halogens is 3. The summed E-state index contributed by atoms with van der Waals surface area (Å²) >= 11 is 0. The minimum Gasteiger partial charge on any atom is -0.366 e. The predicted molar refractivity (Wildman–Crippen MR) is 113 cm³/mol. The highest BCUT2D eigenvalue weighted by Gasteiger charge is 2.32. The van der Waals surface area contributed by atoms with Gasteiger partial charge in [0.2, 0.25) is 5.91 Å². The Hall–Kier alpha value is -3.96. The van der Waals surface area contributed by atoms with E-state index in [9.17, 15) is 28.1 Å². The average molecular weight is 460 g/mol. The number of hydrogen-bond acceptors (Lipinski definition) is 6. The highest BCUT2D eigenvalue weighted by atomic mass is 19.4. The number of amides is 1. The fraction of sp³-hybridized carbons (Fsp3) is 0.286. The topological polar surface area (TPSA) is 106 Å². The van der Waals surface area contributed by atoms with Gasteiger partial charge in [-0.3, -0.25) is 14.9 Å². The van der Waals surface area contributed by atoms with E-state index in [1.54, 1.807) is 18.2 Å². The minimum absolute atomic E-state index is 0.0122. The van der Waals surface area contributed by atoms with Crippen molar-refractivity contribution in [2.75, 3.05) is 23.3 Å². The Kier molecular flexibility index (Phi) is 5.99. The summed E-state index contributed by atoms with van der Waals surface area (Å²) in [4.78, 5) is 29.4. The third-order valence-corrected chi connectivity index (χ3v) is 5.53. The molecule has 1 aliphatic heterocycles. The molecule has 1 amide bonds. The molecule has 0 radical (unpaired) electrons. The second kappa shape index (κ2) is 8.88. The van der Waals surface area contributed by atoms with Crippen LogP contribution >= 0.6 is 0 Å². The Balaban J connectivity index is 1.50. The van der Waals surface area contributed by atoms with Gasteiger partial charge in [0.25, 0.3) is 5.69 Å². The number of nitrogens with one attached hydrogen (secondary N) is 1. The minimum atomic E-state index is -4.57. The number of nitro groups is 1. The molecule has 172 valence electrons. The summed E-state index contributed by atoms with van der Waals surface area (Å²) in [5.74, 6) is -0.875. The van der Waals surface area contributed by atoms with Crippen LogP contribution in [0, 0.1) is 16.0 Å². The lowest BCUT2D eigenvalue weighted by Crippen LogP contribution is -2.38. The largest absolute Gasteiger partial charge is 0.416 e. The Morgan fingerprint density at radius 1 is 1.12 bits per heavy atom. The molecule has 2 heterocycles. The predicted octanol–water partition coefficient (Wildman–Crippen LogP) is 4.05. The van der Waals surface area contributed by atoms with Gasteiger partial charge in [0.15, 0.2) is 0 Å². The first-order chi connectivity index (χ1) is 15.7. The molecule has 0 bridgehead atoms. The number of benzene rings is 2. The van der Waals surface area contributed by atoms with E-state index in [0.29, 0.717) is 31.6 Å². The molecule has 4 rings (SSSR count). The molecule has 33 heavy (non-hydrogen) atoms. The standard InChI is InChI=1S/C21H19F3N6O3/c22-21(23,24)15-5-6-17(29-13-25-12-26-29)16(11-15)27-20(31)14-7-9-28(10-8-14)18-3-1-2-4-19(18)30(32)33/h1-6,11-14H,7-10H2,(H,27,31). The molecule has 1 fully saturated rings. The molecule has 1 saturated heterocycles. The van der Waals surface area contributed by atoms with Crippen LogP contribution in [0.3, 0.4) is 0 Å². The van der Waals surface area contributed by atoms with Gasteiger partial charge in [0.05, 0.1) is 21.9 Å². The van der Waals surface area contributed by atoms with Gasteiger partial charge in [-0.25, -0.2) is 9.67 Å². The number of nitrogens with zero attached hydrogens (tertiary/aromatic N) is 5. The van der Waals surface area contributed by atoms with E-state index in [4.69, 9.17) is 0 Å². The third kappa shape index (κ3) is 4.78. The molecular weight excluding hydrogens is 441 g/mol. The lowest BCUT2D eigenvalue weighted by atomic mass is 9.95. The van der Waals surface area contributed by atoms with E-state index >= 15 is 0 Å². The van der Waals surface area contributed by atoms with Gasteiger partial charge in [0, 0.05) is 25.1 Å². The van der Waals surface area contributed by atoms with E-state index in [1.165, 1.54) is 29.5 Å². The molecule has 1 aliphatic rings. The van der Waals surface area contributed by atoms with Crippen LogP contribution in [0.15, 0.2) is 55.1 Å². The summed E-state index contributed by atoms with van der Waals surface area (Å²) in [5.41, 5.74) is -0.199. The fourth-order valence-corrected chi connectivity index (χ4v) is 3.85. The van der Waals surface area contributed by atoms with E-state index in [1.807, 2.05) is 4.90 Å². The zero-order valence-corrected chi connectivity index (χ0v) is 17.2. The van der Waals surface area contributed by atoms with Crippen LogP contribution in [-0.4, -0.2) is 38.7 Å². The van der Waals surface area contributed by atoms with Crippen molar-refractivity contribution in [1.29, 1.82) is 0 Å². The summed E-state index contributed by atoms with van der Waals surface area (Å²) in [5, 5.41) is 17.8. The van der Waals surface area contributed by atoms with Crippen molar-refractivity contribution in [3.05, 3.63) is 70.8 Å². The van der Waals surface area contributed by atoms with Gasteiger partial charge in [-0.1, -0.05) is 12.1 Å². The summed E-state index contributed by atoms with van der Waals surface area (Å²) in [6.07, 6.45) is -1.22. The number of carbonyl (C=O) groups excluding carboxylic acids is 1. The quantitative estimate of drug-likeness (QED) is 0.455. The van der Waals surface area contributed by atoms with Crippen LogP contribution in [-0.2, 0) is 11.0 Å². The molecular formula is C21H19F3N6O3. The number of nitro benzene ring substituents is 1. The highest BCUT2D eigenvalue weighted by Crippen LogP contribution is 2.35. The van der Waals surface area contributed by atoms with Crippen LogP contribution in [0.4, 0.5) is 30.2 Å². The van der Waals surface area contributed by atoms with Crippen LogP contribution in [0.25, 0.3) is 5.69 Å². The number of aromatic nitrogens is 3. The summed E-state index contributed by atoms with van der Waals surface area (Å²) < 4.78 is 41.0. The molecule has 12 heteroatoms. The Labute approximate surface area is 186 Å². The number of carbonyl (C=O) groups is 1. The first-order valence-corrected chi connectivity index (χ1v) is 10.1. The van der Waals surface area contributed by atoms with Gasteiger partial charge >= 0.3 is 6.18 Å². The maximum Gasteiger partial charge on any atom is 0.416 e. The third-order valence-electron chi connectivity index (χ3n) is 5.53. The van der Waals surface area contributed by atoms with Crippen LogP contribution in [0.5, 0.6) is 0 Å². The molecule has 0 saturated carbocycles. The van der Waals surface area contributed by atoms with Gasteiger partial charge in [-0.05, 0) is 37.1 Å². The van der Waals surface area contributed by atoms with Gasteiger partial charge in [-0.2, -0.15) is 18.3 Å². The number of hydrogen-bond donors (Lipinski definition) is 1. The average Bonchev–Trinajstić information content (AvgIpc) is 3.33. The molecule has 0 aliphatic carbocycles. The summed E-state index contributed by atoms with van der Waals surface area (Å²) in [6, 6.07) is 9.39. The maximum absolute atomic E-state index is 13.2. The van der Waals surface area contributed by atoms with E-state index in [0.717, 1.165) is 12.1 Å². The Morgan fingerprint density at radius 2 is 1.85 bits per heavy atom. The first kappa shape index (κ1) is 22.2. The fourth-order valence-electron chi connectivity index (χ4n) is 3.85. The molecule has 0 unspecified atom stereocenters. The lowest BCUT2D eigenvalue weighted by Gasteiger charge is -2.32. The van der Waals surface area contributed by atoms with Gasteiger partial charge in [-0.15, -0.1) is 0 Å². The highest BCUT2D eigenvalue weighted by molar-refractivity contribution is 5.94. The molecule has 1 N–H and O–H groups in total. The second-order valence-electron chi connectivity index (χ2n) is 7.57. The Bertz CT molecular complexity index is 1160. The van der Waals surface area contributed by atoms with Crippen LogP contribution in [0.2, 0.25) is 0 Å². The van der Waals surface area contributed by atoms with Crippen LogP contribution in [0.1, 0.15) is 18.4 Å². The number of piperidine rings is 1. The van der Waals surface area contributed by atoms with Crippen molar-refractivity contribution in [2.45, 2.75) is 19.0 Å². The van der Waals surface area contributed by atoms with Crippen molar-refractivity contribution >= 4 is 23.0 Å². The van der Waals surface area contributed by atoms with Crippen molar-refractivity contribution in [1.82, 2.24) is 14.8 Å². The molecule has 1 aromatic heterocycles. The number of para-hydroxylation sites is 2. The Morgan fingerprint density at radius 3 is 2.48 bits per heavy atom. The smallest absolute Gasteiger partial charge is 0.366 e. The molecule has 3 aromatic rings. The zero-order valence-electron chi connectivity index (χ0n) is 17.2. The van der Waals surface area contributed by atoms with Crippen molar-refractivity contribution in [2.24, 2.45) is 5.92 Å². The van der Waals surface area contributed by atoms with Crippen molar-refractivity contribution in [3.63, 3.8) is 0 Å². The van der Waals surface area contributed by atoms with Crippen LogP contribution < -0.4 is 10.2 Å². The number of anilines is 2.